The summed E-state index contributed by atoms with van der Waals surface area (Å²) in [5.41, 5.74) is 1.07. The van der Waals surface area contributed by atoms with Crippen LogP contribution in [0.2, 0.25) is 10.0 Å². The smallest absolute Gasteiger partial charge is 0.0692 e. The van der Waals surface area contributed by atoms with Crippen LogP contribution in [0.15, 0.2) is 18.2 Å². The molecule has 0 aromatic heterocycles. The standard InChI is InChI=1S/C13H15BrCl2O/c1-17-13(5-2-6-13)8-11(14)10-7-9(15)3-4-12(10)16/h3-4,7,11H,2,5-6,8H2,1H3. The maximum Gasteiger partial charge on any atom is 0.0692 e. The van der Waals surface area contributed by atoms with Gasteiger partial charge in [-0.2, -0.15) is 0 Å². The largest absolute Gasteiger partial charge is 0.378 e. The molecule has 0 radical (unpaired) electrons. The molecule has 1 nitrogen and oxygen atoms in total. The van der Waals surface area contributed by atoms with Crippen molar-refractivity contribution in [1.82, 2.24) is 0 Å². The molecule has 2 rings (SSSR count). The van der Waals surface area contributed by atoms with Crippen LogP contribution in [0.4, 0.5) is 0 Å². The van der Waals surface area contributed by atoms with Crippen LogP contribution >= 0.6 is 39.1 Å². The predicted molar refractivity (Wildman–Crippen MR) is 76.3 cm³/mol. The first kappa shape index (κ1) is 13.7. The van der Waals surface area contributed by atoms with Gasteiger partial charge in [0.05, 0.1) is 5.60 Å². The van der Waals surface area contributed by atoms with Gasteiger partial charge in [-0.15, -0.1) is 0 Å². The molecule has 0 saturated heterocycles. The highest BCUT2D eigenvalue weighted by Gasteiger charge is 2.39. The van der Waals surface area contributed by atoms with E-state index >= 15 is 0 Å². The third kappa shape index (κ3) is 2.98. The summed E-state index contributed by atoms with van der Waals surface area (Å²) < 4.78 is 5.63. The molecule has 0 bridgehead atoms. The maximum atomic E-state index is 6.19. The van der Waals surface area contributed by atoms with Crippen molar-refractivity contribution in [2.45, 2.75) is 36.1 Å². The SMILES string of the molecule is COC1(CC(Br)c2cc(Cl)ccc2Cl)CCC1. The van der Waals surface area contributed by atoms with Gasteiger partial charge in [0, 0.05) is 22.0 Å². The zero-order valence-corrected chi connectivity index (χ0v) is 12.8. The second-order valence-corrected chi connectivity index (χ2v) is 6.53. The zero-order chi connectivity index (χ0) is 12.5. The Balaban J connectivity index is 2.13. The van der Waals surface area contributed by atoms with Crippen LogP contribution in [0.25, 0.3) is 0 Å². The molecule has 94 valence electrons. The lowest BCUT2D eigenvalue weighted by atomic mass is 9.76. The van der Waals surface area contributed by atoms with Gasteiger partial charge in [0.1, 0.15) is 0 Å². The average molecular weight is 338 g/mol. The molecule has 0 amide bonds. The van der Waals surface area contributed by atoms with Crippen LogP contribution in [-0.4, -0.2) is 12.7 Å². The molecule has 0 aliphatic heterocycles. The monoisotopic (exact) mass is 336 g/mol. The van der Waals surface area contributed by atoms with Gasteiger partial charge < -0.3 is 4.74 Å². The highest BCUT2D eigenvalue weighted by Crippen LogP contribution is 2.46. The number of benzene rings is 1. The lowest BCUT2D eigenvalue weighted by Gasteiger charge is -2.42. The summed E-state index contributed by atoms with van der Waals surface area (Å²) in [5, 5.41) is 1.47. The van der Waals surface area contributed by atoms with Crippen molar-refractivity contribution in [3.05, 3.63) is 33.8 Å². The molecule has 0 heterocycles. The Morgan fingerprint density at radius 1 is 1.41 bits per heavy atom. The summed E-state index contributed by atoms with van der Waals surface area (Å²) in [5.74, 6) is 0. The Morgan fingerprint density at radius 2 is 2.12 bits per heavy atom. The fraction of sp³-hybridized carbons (Fsp3) is 0.538. The summed E-state index contributed by atoms with van der Waals surface area (Å²) >= 11 is 15.9. The summed E-state index contributed by atoms with van der Waals surface area (Å²) in [6.45, 7) is 0. The second-order valence-electron chi connectivity index (χ2n) is 4.58. The Bertz CT molecular complexity index is 399. The lowest BCUT2D eigenvalue weighted by molar-refractivity contribution is -0.0773. The summed E-state index contributed by atoms with van der Waals surface area (Å²) in [4.78, 5) is 0.189. The highest BCUT2D eigenvalue weighted by atomic mass is 79.9. The quantitative estimate of drug-likeness (QED) is 0.669. The van der Waals surface area contributed by atoms with Crippen molar-refractivity contribution in [2.24, 2.45) is 0 Å². The summed E-state index contributed by atoms with van der Waals surface area (Å²) in [6, 6.07) is 5.57. The summed E-state index contributed by atoms with van der Waals surface area (Å²) in [6.07, 6.45) is 4.44. The first-order chi connectivity index (χ1) is 8.06. The maximum absolute atomic E-state index is 6.19. The molecule has 17 heavy (non-hydrogen) atoms. The van der Waals surface area contributed by atoms with Crippen LogP contribution < -0.4 is 0 Å². The molecule has 1 aromatic rings. The van der Waals surface area contributed by atoms with Crippen molar-refractivity contribution < 1.29 is 4.74 Å². The second kappa shape index (κ2) is 5.48. The third-order valence-corrected chi connectivity index (χ3v) is 4.94. The Kier molecular flexibility index (Phi) is 4.40. The van der Waals surface area contributed by atoms with Crippen molar-refractivity contribution in [2.75, 3.05) is 7.11 Å². The molecular weight excluding hydrogens is 323 g/mol. The van der Waals surface area contributed by atoms with E-state index in [2.05, 4.69) is 15.9 Å². The molecule has 1 atom stereocenters. The minimum atomic E-state index is 0.0276. The van der Waals surface area contributed by atoms with E-state index in [-0.39, 0.29) is 10.4 Å². The molecule has 0 spiro atoms. The van der Waals surface area contributed by atoms with Gasteiger partial charge in [0.2, 0.25) is 0 Å². The fourth-order valence-corrected chi connectivity index (χ4v) is 3.78. The van der Waals surface area contributed by atoms with Gasteiger partial charge in [-0.25, -0.2) is 0 Å². The minimum absolute atomic E-state index is 0.0276. The predicted octanol–water partition coefficient (Wildman–Crippen LogP) is 5.39. The molecule has 1 aliphatic rings. The van der Waals surface area contributed by atoms with Gasteiger partial charge >= 0.3 is 0 Å². The van der Waals surface area contributed by atoms with E-state index in [0.29, 0.717) is 5.02 Å². The Hall–Kier alpha value is 0.240. The molecule has 1 unspecified atom stereocenters. The van der Waals surface area contributed by atoms with Crippen LogP contribution in [0, 0.1) is 0 Å². The Labute approximate surface area is 121 Å². The number of methoxy groups -OCH3 is 1. The number of hydrogen-bond donors (Lipinski definition) is 0. The molecule has 1 saturated carbocycles. The molecule has 1 aromatic carbocycles. The topological polar surface area (TPSA) is 9.23 Å². The average Bonchev–Trinajstić information content (AvgIpc) is 2.26. The minimum Gasteiger partial charge on any atom is -0.378 e. The van der Waals surface area contributed by atoms with E-state index in [1.54, 1.807) is 7.11 Å². The first-order valence-electron chi connectivity index (χ1n) is 5.70. The van der Waals surface area contributed by atoms with E-state index in [1.807, 2.05) is 18.2 Å². The van der Waals surface area contributed by atoms with Crippen LogP contribution in [-0.2, 0) is 4.74 Å². The molecule has 0 N–H and O–H groups in total. The number of ether oxygens (including phenoxy) is 1. The van der Waals surface area contributed by atoms with Gasteiger partial charge in [0.15, 0.2) is 0 Å². The van der Waals surface area contributed by atoms with E-state index < -0.39 is 0 Å². The number of alkyl halides is 1. The van der Waals surface area contributed by atoms with Gasteiger partial charge in [0.25, 0.3) is 0 Å². The van der Waals surface area contributed by atoms with Crippen molar-refractivity contribution in [3.8, 4) is 0 Å². The van der Waals surface area contributed by atoms with Crippen LogP contribution in [0.1, 0.15) is 36.1 Å². The van der Waals surface area contributed by atoms with E-state index in [9.17, 15) is 0 Å². The Morgan fingerprint density at radius 3 is 2.65 bits per heavy atom. The van der Waals surface area contributed by atoms with E-state index in [1.165, 1.54) is 6.42 Å². The highest BCUT2D eigenvalue weighted by molar-refractivity contribution is 9.09. The zero-order valence-electron chi connectivity index (χ0n) is 9.68. The number of halogens is 3. The van der Waals surface area contributed by atoms with Crippen LogP contribution in [0.5, 0.6) is 0 Å². The number of hydrogen-bond acceptors (Lipinski definition) is 1. The molecule has 4 heteroatoms. The fourth-order valence-electron chi connectivity index (χ4n) is 2.25. The van der Waals surface area contributed by atoms with Crippen molar-refractivity contribution in [3.63, 3.8) is 0 Å². The van der Waals surface area contributed by atoms with Crippen LogP contribution in [0.3, 0.4) is 0 Å². The molecule has 1 aliphatic carbocycles. The molecular formula is C13H15BrCl2O. The molecule has 1 fully saturated rings. The van der Waals surface area contributed by atoms with Gasteiger partial charge in [-0.3, -0.25) is 0 Å². The summed E-state index contributed by atoms with van der Waals surface area (Å²) in [7, 11) is 1.79. The normalized spacial score (nSPS) is 19.8. The van der Waals surface area contributed by atoms with E-state index in [0.717, 1.165) is 29.8 Å². The van der Waals surface area contributed by atoms with Crippen molar-refractivity contribution >= 4 is 39.1 Å². The van der Waals surface area contributed by atoms with Gasteiger partial charge in [-0.05, 0) is 49.4 Å². The lowest BCUT2D eigenvalue weighted by Crippen LogP contribution is -2.39. The third-order valence-electron chi connectivity index (χ3n) is 3.54. The van der Waals surface area contributed by atoms with E-state index in [4.69, 9.17) is 27.9 Å². The van der Waals surface area contributed by atoms with Gasteiger partial charge in [-0.1, -0.05) is 39.1 Å². The first-order valence-corrected chi connectivity index (χ1v) is 7.38. The number of rotatable bonds is 4. The van der Waals surface area contributed by atoms with Crippen molar-refractivity contribution in [1.29, 1.82) is 0 Å².